The molecule has 1 aromatic carbocycles. The zero-order valence-corrected chi connectivity index (χ0v) is 9.84. The summed E-state index contributed by atoms with van der Waals surface area (Å²) in [5.74, 6) is -0.992. The van der Waals surface area contributed by atoms with Crippen molar-refractivity contribution >= 4 is 23.3 Å². The molecule has 1 aromatic rings. The van der Waals surface area contributed by atoms with E-state index in [4.69, 9.17) is 11.6 Å². The normalized spacial score (nSPS) is 12.0. The molecule has 88 valence electrons. The van der Waals surface area contributed by atoms with Gasteiger partial charge in [-0.15, -0.1) is 0 Å². The number of hydrogen-bond acceptors (Lipinski definition) is 3. The van der Waals surface area contributed by atoms with Gasteiger partial charge in [-0.3, -0.25) is 0 Å². The van der Waals surface area contributed by atoms with E-state index in [-0.39, 0.29) is 10.7 Å². The number of anilines is 1. The summed E-state index contributed by atoms with van der Waals surface area (Å²) >= 11 is 5.62. The molecule has 0 aromatic heterocycles. The maximum Gasteiger partial charge on any atom is 0.328 e. The quantitative estimate of drug-likeness (QED) is 0.829. The van der Waals surface area contributed by atoms with Gasteiger partial charge in [0.1, 0.15) is 6.04 Å². The zero-order chi connectivity index (χ0) is 12.1. The summed E-state index contributed by atoms with van der Waals surface area (Å²) in [6, 6.07) is 4.00. The molecule has 1 N–H and O–H groups in total. The Morgan fingerprint density at radius 3 is 2.88 bits per heavy atom. The summed E-state index contributed by atoms with van der Waals surface area (Å²) in [5.41, 5.74) is 0.199. The molecule has 0 amide bonds. The molecule has 0 aliphatic heterocycles. The van der Waals surface area contributed by atoms with Gasteiger partial charge in [0.15, 0.2) is 5.82 Å². The maximum atomic E-state index is 13.5. The zero-order valence-electron chi connectivity index (χ0n) is 9.09. The van der Waals surface area contributed by atoms with Gasteiger partial charge in [-0.25, -0.2) is 9.18 Å². The first-order valence-corrected chi connectivity index (χ1v) is 5.26. The van der Waals surface area contributed by atoms with E-state index in [1.807, 2.05) is 0 Å². The molecule has 0 bridgehead atoms. The van der Waals surface area contributed by atoms with Gasteiger partial charge in [-0.05, 0) is 18.6 Å². The Bertz CT molecular complexity index is 384. The van der Waals surface area contributed by atoms with Crippen LogP contribution in [0.25, 0.3) is 0 Å². The number of benzene rings is 1. The Morgan fingerprint density at radius 2 is 2.31 bits per heavy atom. The number of carbonyl (C=O) groups is 1. The summed E-state index contributed by atoms with van der Waals surface area (Å²) in [6.07, 6.45) is 0.499. The molecular formula is C11H13ClFNO2. The third kappa shape index (κ3) is 2.85. The van der Waals surface area contributed by atoms with Crippen LogP contribution >= 0.6 is 11.6 Å². The van der Waals surface area contributed by atoms with Crippen molar-refractivity contribution in [2.24, 2.45) is 0 Å². The van der Waals surface area contributed by atoms with E-state index in [2.05, 4.69) is 10.1 Å². The van der Waals surface area contributed by atoms with E-state index in [0.29, 0.717) is 6.42 Å². The van der Waals surface area contributed by atoms with Gasteiger partial charge in [0.2, 0.25) is 0 Å². The van der Waals surface area contributed by atoms with Crippen LogP contribution in [0.4, 0.5) is 10.1 Å². The Hall–Kier alpha value is -1.29. The molecule has 1 unspecified atom stereocenters. The molecule has 0 aliphatic rings. The van der Waals surface area contributed by atoms with Crippen LogP contribution < -0.4 is 5.32 Å². The van der Waals surface area contributed by atoms with Crippen LogP contribution in [-0.2, 0) is 9.53 Å². The van der Waals surface area contributed by atoms with Crippen LogP contribution in [0.15, 0.2) is 18.2 Å². The molecule has 0 heterocycles. The van der Waals surface area contributed by atoms with E-state index < -0.39 is 17.8 Å². The predicted molar refractivity (Wildman–Crippen MR) is 61.1 cm³/mol. The largest absolute Gasteiger partial charge is 0.467 e. The molecule has 0 fully saturated rings. The Kier molecular flexibility index (Phi) is 4.55. The lowest BCUT2D eigenvalue weighted by Crippen LogP contribution is -2.30. The molecule has 1 rings (SSSR count). The van der Waals surface area contributed by atoms with Crippen molar-refractivity contribution in [3.05, 3.63) is 29.0 Å². The molecule has 1 atom stereocenters. The Balaban J connectivity index is 2.86. The molecule has 3 nitrogen and oxygen atoms in total. The SMILES string of the molecule is CCC(Nc1cccc(Cl)c1F)C(=O)OC. The molecule has 0 saturated heterocycles. The van der Waals surface area contributed by atoms with E-state index in [0.717, 1.165) is 0 Å². The summed E-state index contributed by atoms with van der Waals surface area (Å²) in [6.45, 7) is 1.80. The van der Waals surface area contributed by atoms with Gasteiger partial charge >= 0.3 is 5.97 Å². The minimum Gasteiger partial charge on any atom is -0.467 e. The number of rotatable bonds is 4. The summed E-state index contributed by atoms with van der Waals surface area (Å²) in [4.78, 5) is 11.3. The van der Waals surface area contributed by atoms with Crippen LogP contribution in [0.5, 0.6) is 0 Å². The average Bonchev–Trinajstić information content (AvgIpc) is 2.30. The fourth-order valence-electron chi connectivity index (χ4n) is 1.27. The van der Waals surface area contributed by atoms with Crippen LogP contribution in [0.2, 0.25) is 5.02 Å². The van der Waals surface area contributed by atoms with Crippen LogP contribution in [0.1, 0.15) is 13.3 Å². The van der Waals surface area contributed by atoms with Crippen molar-refractivity contribution in [3.8, 4) is 0 Å². The van der Waals surface area contributed by atoms with Crippen molar-refractivity contribution < 1.29 is 13.9 Å². The van der Waals surface area contributed by atoms with Crippen molar-refractivity contribution in [1.29, 1.82) is 0 Å². The Morgan fingerprint density at radius 1 is 1.62 bits per heavy atom. The second-order valence-corrected chi connectivity index (χ2v) is 3.64. The number of methoxy groups -OCH3 is 1. The molecule has 16 heavy (non-hydrogen) atoms. The van der Waals surface area contributed by atoms with Gasteiger partial charge < -0.3 is 10.1 Å². The van der Waals surface area contributed by atoms with Crippen molar-refractivity contribution in [1.82, 2.24) is 0 Å². The summed E-state index contributed by atoms with van der Waals surface area (Å²) < 4.78 is 18.1. The van der Waals surface area contributed by atoms with Crippen LogP contribution in [-0.4, -0.2) is 19.1 Å². The topological polar surface area (TPSA) is 38.3 Å². The summed E-state index contributed by atoms with van der Waals surface area (Å²) in [7, 11) is 1.29. The standard InChI is InChI=1S/C11H13ClFNO2/c1-3-8(11(15)16-2)14-9-6-4-5-7(12)10(9)13/h4-6,8,14H,3H2,1-2H3. The van der Waals surface area contributed by atoms with Crippen LogP contribution in [0, 0.1) is 5.82 Å². The third-order valence-corrected chi connectivity index (χ3v) is 2.47. The van der Waals surface area contributed by atoms with Gasteiger partial charge in [0.05, 0.1) is 17.8 Å². The lowest BCUT2D eigenvalue weighted by molar-refractivity contribution is -0.141. The predicted octanol–water partition coefficient (Wildman–Crippen LogP) is 2.84. The minimum absolute atomic E-state index is 0.0183. The van der Waals surface area contributed by atoms with Gasteiger partial charge in [0.25, 0.3) is 0 Å². The van der Waals surface area contributed by atoms with E-state index in [1.165, 1.54) is 19.2 Å². The average molecular weight is 246 g/mol. The fraction of sp³-hybridized carbons (Fsp3) is 0.364. The first-order chi connectivity index (χ1) is 7.60. The number of nitrogens with one attached hydrogen (secondary N) is 1. The second kappa shape index (κ2) is 5.70. The van der Waals surface area contributed by atoms with E-state index in [1.54, 1.807) is 13.0 Å². The highest BCUT2D eigenvalue weighted by Gasteiger charge is 2.18. The van der Waals surface area contributed by atoms with E-state index >= 15 is 0 Å². The van der Waals surface area contributed by atoms with Crippen molar-refractivity contribution in [3.63, 3.8) is 0 Å². The Labute approximate surface area is 98.5 Å². The fourth-order valence-corrected chi connectivity index (χ4v) is 1.45. The highest BCUT2D eigenvalue weighted by Crippen LogP contribution is 2.23. The molecular weight excluding hydrogens is 233 g/mol. The number of carbonyl (C=O) groups excluding carboxylic acids is 1. The highest BCUT2D eigenvalue weighted by molar-refractivity contribution is 6.31. The third-order valence-electron chi connectivity index (χ3n) is 2.18. The molecule has 5 heteroatoms. The second-order valence-electron chi connectivity index (χ2n) is 3.23. The number of halogens is 2. The van der Waals surface area contributed by atoms with Gasteiger partial charge in [-0.1, -0.05) is 24.6 Å². The molecule has 0 radical (unpaired) electrons. The van der Waals surface area contributed by atoms with Crippen LogP contribution in [0.3, 0.4) is 0 Å². The minimum atomic E-state index is -0.571. The number of hydrogen-bond donors (Lipinski definition) is 1. The lowest BCUT2D eigenvalue weighted by Gasteiger charge is -2.16. The molecule has 0 saturated carbocycles. The monoisotopic (exact) mass is 245 g/mol. The summed E-state index contributed by atoms with van der Waals surface area (Å²) in [5, 5.41) is 2.77. The highest BCUT2D eigenvalue weighted by atomic mass is 35.5. The lowest BCUT2D eigenvalue weighted by atomic mass is 10.2. The molecule has 0 spiro atoms. The smallest absolute Gasteiger partial charge is 0.328 e. The van der Waals surface area contributed by atoms with Gasteiger partial charge in [0, 0.05) is 0 Å². The van der Waals surface area contributed by atoms with E-state index in [9.17, 15) is 9.18 Å². The number of esters is 1. The molecule has 0 aliphatic carbocycles. The first kappa shape index (κ1) is 12.8. The van der Waals surface area contributed by atoms with Crippen molar-refractivity contribution in [2.45, 2.75) is 19.4 Å². The number of ether oxygens (including phenoxy) is 1. The van der Waals surface area contributed by atoms with Crippen molar-refractivity contribution in [2.75, 3.05) is 12.4 Å². The first-order valence-electron chi connectivity index (χ1n) is 4.88. The maximum absolute atomic E-state index is 13.5. The van der Waals surface area contributed by atoms with Gasteiger partial charge in [-0.2, -0.15) is 0 Å².